The molecule has 4 aliphatic rings. The van der Waals surface area contributed by atoms with Crippen molar-refractivity contribution in [2.24, 2.45) is 5.92 Å². The molecule has 5 nitrogen and oxygen atoms in total. The molecule has 0 unspecified atom stereocenters. The summed E-state index contributed by atoms with van der Waals surface area (Å²) >= 11 is 0. The van der Waals surface area contributed by atoms with Crippen molar-refractivity contribution in [1.29, 1.82) is 0 Å². The third-order valence-corrected chi connectivity index (χ3v) is 6.87. The van der Waals surface area contributed by atoms with Crippen LogP contribution in [0.1, 0.15) is 40.4 Å². The van der Waals surface area contributed by atoms with Crippen LogP contribution in [0.15, 0.2) is 41.0 Å². The highest BCUT2D eigenvalue weighted by Crippen LogP contribution is 2.47. The van der Waals surface area contributed by atoms with Crippen molar-refractivity contribution in [3.8, 4) is 5.75 Å². The van der Waals surface area contributed by atoms with Gasteiger partial charge in [-0.3, -0.25) is 9.69 Å². The molecule has 142 valence electrons. The molecule has 3 atom stereocenters. The molecule has 0 aliphatic carbocycles. The van der Waals surface area contributed by atoms with Crippen LogP contribution in [-0.4, -0.2) is 54.5 Å². The molecular formula is C22H26N2O3. The smallest absolute Gasteiger partial charge is 0.257 e. The maximum absolute atomic E-state index is 13.4. The van der Waals surface area contributed by atoms with Gasteiger partial charge < -0.3 is 14.1 Å². The van der Waals surface area contributed by atoms with Crippen molar-refractivity contribution in [2.45, 2.75) is 37.8 Å². The minimum atomic E-state index is 0.121. The van der Waals surface area contributed by atoms with E-state index in [1.807, 2.05) is 19.1 Å². The number of hydrogen-bond donors (Lipinski definition) is 0. The number of methoxy groups -OCH3 is 1. The zero-order valence-electron chi connectivity index (χ0n) is 15.9. The van der Waals surface area contributed by atoms with Crippen LogP contribution in [-0.2, 0) is 0 Å². The van der Waals surface area contributed by atoms with Gasteiger partial charge in [-0.25, -0.2) is 0 Å². The van der Waals surface area contributed by atoms with Crippen LogP contribution in [0.4, 0.5) is 0 Å². The van der Waals surface area contributed by atoms with E-state index in [2.05, 4.69) is 28.0 Å². The van der Waals surface area contributed by atoms with E-state index in [0.29, 0.717) is 35.2 Å². The number of fused-ring (bicyclic) bond motifs is 2. The van der Waals surface area contributed by atoms with Crippen LogP contribution in [0.3, 0.4) is 0 Å². The highest BCUT2D eigenvalue weighted by atomic mass is 16.5. The summed E-state index contributed by atoms with van der Waals surface area (Å²) in [5, 5.41) is 0. The molecule has 5 heterocycles. The number of nitrogens with zero attached hydrogens (tertiary/aromatic N) is 2. The van der Waals surface area contributed by atoms with E-state index < -0.39 is 0 Å². The van der Waals surface area contributed by atoms with Gasteiger partial charge >= 0.3 is 0 Å². The lowest BCUT2D eigenvalue weighted by atomic mass is 9.75. The van der Waals surface area contributed by atoms with Crippen LogP contribution in [0.25, 0.3) is 0 Å². The number of rotatable bonds is 3. The first-order valence-corrected chi connectivity index (χ1v) is 9.90. The van der Waals surface area contributed by atoms with Crippen LogP contribution in [0, 0.1) is 12.8 Å². The summed E-state index contributed by atoms with van der Waals surface area (Å²) in [6.07, 6.45) is 4.01. The fourth-order valence-corrected chi connectivity index (χ4v) is 5.58. The number of carbonyl (C=O) groups is 1. The number of piperidine rings is 3. The number of ether oxygens (including phenoxy) is 1. The molecule has 4 saturated heterocycles. The third-order valence-electron chi connectivity index (χ3n) is 6.87. The SMILES string of the molecule is COc1cccc([C@H]2CN(C(=O)c3ccoc3C)[C@@H]3C4CCN(CC4)[C@H]23)c1. The van der Waals surface area contributed by atoms with E-state index in [4.69, 9.17) is 9.15 Å². The number of aryl methyl sites for hydroxylation is 1. The lowest BCUT2D eigenvalue weighted by Crippen LogP contribution is -2.60. The molecule has 0 radical (unpaired) electrons. The van der Waals surface area contributed by atoms with Crippen molar-refractivity contribution < 1.29 is 13.9 Å². The lowest BCUT2D eigenvalue weighted by Gasteiger charge is -2.51. The fraction of sp³-hybridized carbons (Fsp3) is 0.500. The molecule has 0 N–H and O–H groups in total. The molecule has 1 aromatic carbocycles. The average Bonchev–Trinajstić information content (AvgIpc) is 3.33. The molecule has 0 saturated carbocycles. The Morgan fingerprint density at radius 2 is 2.00 bits per heavy atom. The predicted octanol–water partition coefficient (Wildman–Crippen LogP) is 3.30. The molecule has 5 heteroatoms. The molecule has 2 bridgehead atoms. The maximum Gasteiger partial charge on any atom is 0.257 e. The summed E-state index contributed by atoms with van der Waals surface area (Å²) < 4.78 is 10.9. The Kier molecular flexibility index (Phi) is 4.01. The molecule has 1 amide bonds. The maximum atomic E-state index is 13.4. The second kappa shape index (κ2) is 6.41. The van der Waals surface area contributed by atoms with Crippen molar-refractivity contribution in [3.05, 3.63) is 53.5 Å². The quantitative estimate of drug-likeness (QED) is 0.836. The van der Waals surface area contributed by atoms with Gasteiger partial charge in [-0.05, 0) is 62.5 Å². The number of carbonyl (C=O) groups excluding carboxylic acids is 1. The highest BCUT2D eigenvalue weighted by Gasteiger charge is 2.54. The summed E-state index contributed by atoms with van der Waals surface area (Å²) in [6, 6.07) is 10.9. The van der Waals surface area contributed by atoms with Crippen LogP contribution in [0.2, 0.25) is 0 Å². The van der Waals surface area contributed by atoms with Gasteiger partial charge in [0.1, 0.15) is 11.5 Å². The average molecular weight is 366 g/mol. The molecular weight excluding hydrogens is 340 g/mol. The normalized spacial score (nSPS) is 31.8. The van der Waals surface area contributed by atoms with E-state index >= 15 is 0 Å². The van der Waals surface area contributed by atoms with E-state index in [1.54, 1.807) is 13.4 Å². The standard InChI is InChI=1S/C22H26N2O3/c1-14-18(8-11-27-14)22(25)24-13-19(16-4-3-5-17(12-16)26-2)21-20(24)15-6-9-23(21)10-7-15/h3-5,8,11-12,15,19-21H,6-7,9-10,13H2,1-2H3/t19-,20-,21-/m1/s1. The highest BCUT2D eigenvalue weighted by molar-refractivity contribution is 5.95. The van der Waals surface area contributed by atoms with Gasteiger partial charge in [-0.15, -0.1) is 0 Å². The molecule has 6 rings (SSSR count). The largest absolute Gasteiger partial charge is 0.497 e. The van der Waals surface area contributed by atoms with Crippen molar-refractivity contribution >= 4 is 5.91 Å². The molecule has 0 spiro atoms. The topological polar surface area (TPSA) is 45.9 Å². The van der Waals surface area contributed by atoms with Crippen molar-refractivity contribution in [3.63, 3.8) is 0 Å². The Morgan fingerprint density at radius 1 is 1.19 bits per heavy atom. The fourth-order valence-electron chi connectivity index (χ4n) is 5.58. The first-order valence-electron chi connectivity index (χ1n) is 9.90. The minimum absolute atomic E-state index is 0.121. The van der Waals surface area contributed by atoms with E-state index in [9.17, 15) is 4.79 Å². The Hall–Kier alpha value is -2.27. The van der Waals surface area contributed by atoms with Crippen LogP contribution < -0.4 is 4.74 Å². The van der Waals surface area contributed by atoms with Gasteiger partial charge in [-0.1, -0.05) is 12.1 Å². The Morgan fingerprint density at radius 3 is 2.70 bits per heavy atom. The predicted molar refractivity (Wildman–Crippen MR) is 102 cm³/mol. The molecule has 2 aromatic rings. The second-order valence-corrected chi connectivity index (χ2v) is 8.09. The van der Waals surface area contributed by atoms with Crippen molar-refractivity contribution in [2.75, 3.05) is 26.7 Å². The first-order chi connectivity index (χ1) is 13.2. The van der Waals surface area contributed by atoms with Gasteiger partial charge in [0.05, 0.1) is 25.0 Å². The van der Waals surface area contributed by atoms with Crippen LogP contribution in [0.5, 0.6) is 5.75 Å². The van der Waals surface area contributed by atoms with E-state index in [1.165, 1.54) is 18.4 Å². The number of hydrogen-bond acceptors (Lipinski definition) is 4. The second-order valence-electron chi connectivity index (χ2n) is 8.09. The summed E-state index contributed by atoms with van der Waals surface area (Å²) in [6.45, 7) is 4.94. The van der Waals surface area contributed by atoms with Crippen LogP contribution >= 0.6 is 0 Å². The zero-order valence-corrected chi connectivity index (χ0v) is 15.9. The van der Waals surface area contributed by atoms with Crippen molar-refractivity contribution in [1.82, 2.24) is 9.80 Å². The number of benzene rings is 1. The lowest BCUT2D eigenvalue weighted by molar-refractivity contribution is -0.00346. The summed E-state index contributed by atoms with van der Waals surface area (Å²) in [7, 11) is 1.71. The van der Waals surface area contributed by atoms with E-state index in [-0.39, 0.29) is 5.91 Å². The molecule has 1 aromatic heterocycles. The van der Waals surface area contributed by atoms with E-state index in [0.717, 1.165) is 25.4 Å². The van der Waals surface area contributed by atoms with Gasteiger partial charge in [0.2, 0.25) is 0 Å². The summed E-state index contributed by atoms with van der Waals surface area (Å²) in [5.74, 6) is 2.64. The van der Waals surface area contributed by atoms with Gasteiger partial charge in [0, 0.05) is 18.5 Å². The Labute approximate surface area is 159 Å². The first kappa shape index (κ1) is 16.9. The van der Waals surface area contributed by atoms with Gasteiger partial charge in [-0.2, -0.15) is 0 Å². The molecule has 4 aliphatic heterocycles. The Bertz CT molecular complexity index is 853. The summed E-state index contributed by atoms with van der Waals surface area (Å²) in [5.41, 5.74) is 1.98. The van der Waals surface area contributed by atoms with Gasteiger partial charge in [0.15, 0.2) is 0 Å². The summed E-state index contributed by atoms with van der Waals surface area (Å²) in [4.78, 5) is 18.1. The number of furan rings is 1. The zero-order chi connectivity index (χ0) is 18.5. The molecule has 4 fully saturated rings. The van der Waals surface area contributed by atoms with Gasteiger partial charge in [0.25, 0.3) is 5.91 Å². The Balaban J connectivity index is 1.54. The molecule has 27 heavy (non-hydrogen) atoms. The number of likely N-dealkylation sites (tertiary alicyclic amines) is 1. The third kappa shape index (κ3) is 2.59. The number of amides is 1. The minimum Gasteiger partial charge on any atom is -0.497 e. The monoisotopic (exact) mass is 366 g/mol.